The van der Waals surface area contributed by atoms with Crippen LogP contribution in [-0.4, -0.2) is 25.5 Å². The fourth-order valence-corrected chi connectivity index (χ4v) is 1.72. The summed E-state index contributed by atoms with van der Waals surface area (Å²) >= 11 is 0. The van der Waals surface area contributed by atoms with E-state index in [4.69, 9.17) is 5.26 Å². The molecule has 0 bridgehead atoms. The third-order valence-electron chi connectivity index (χ3n) is 2.74. The molecule has 1 N–H and O–H groups in total. The van der Waals surface area contributed by atoms with Crippen LogP contribution in [0.15, 0.2) is 24.5 Å². The maximum absolute atomic E-state index is 12.0. The number of rotatable bonds is 4. The third-order valence-corrected chi connectivity index (χ3v) is 2.74. The molecule has 1 unspecified atom stereocenters. The van der Waals surface area contributed by atoms with Crippen molar-refractivity contribution in [1.29, 1.82) is 5.26 Å². The van der Waals surface area contributed by atoms with Crippen molar-refractivity contribution >= 4 is 11.7 Å². The number of carbonyl (C=O) groups is 1. The summed E-state index contributed by atoms with van der Waals surface area (Å²) in [6, 6.07) is 5.05. The van der Waals surface area contributed by atoms with Gasteiger partial charge in [-0.1, -0.05) is 0 Å². The van der Waals surface area contributed by atoms with E-state index in [0.29, 0.717) is 5.82 Å². The Hall–Kier alpha value is -2.62. The monoisotopic (exact) mass is 258 g/mol. The minimum absolute atomic E-state index is 0.156. The number of nitrogens with one attached hydrogen (secondary N) is 1. The number of nitriles is 1. The van der Waals surface area contributed by atoms with Crippen LogP contribution in [0.25, 0.3) is 0 Å². The van der Waals surface area contributed by atoms with Crippen molar-refractivity contribution in [2.24, 2.45) is 0 Å². The average Bonchev–Trinajstić information content (AvgIpc) is 2.98. The lowest BCUT2D eigenvalue weighted by Crippen LogP contribution is -2.25. The zero-order valence-corrected chi connectivity index (χ0v) is 10.7. The van der Waals surface area contributed by atoms with Crippen LogP contribution in [0.1, 0.15) is 18.7 Å². The lowest BCUT2D eigenvalue weighted by molar-refractivity contribution is -0.119. The molecule has 1 atom stereocenters. The Morgan fingerprint density at radius 1 is 1.58 bits per heavy atom. The zero-order chi connectivity index (χ0) is 13.8. The van der Waals surface area contributed by atoms with E-state index in [1.165, 1.54) is 4.68 Å². The molecule has 0 saturated heterocycles. The standard InChI is InChI=1S/C12H14N6O/c1-9-3-6-14-18(9)10(2)12(19)15-11-4-7-17(16-11)8-5-13/h3-4,6-7,10H,8H2,1-2H3,(H,15,16,19). The molecule has 2 heterocycles. The van der Waals surface area contributed by atoms with E-state index in [2.05, 4.69) is 15.5 Å². The lowest BCUT2D eigenvalue weighted by atomic mass is 10.3. The third kappa shape index (κ3) is 2.80. The summed E-state index contributed by atoms with van der Waals surface area (Å²) in [5.74, 6) is 0.228. The van der Waals surface area contributed by atoms with E-state index < -0.39 is 6.04 Å². The van der Waals surface area contributed by atoms with E-state index >= 15 is 0 Å². The van der Waals surface area contributed by atoms with Crippen LogP contribution in [0, 0.1) is 18.3 Å². The maximum Gasteiger partial charge on any atom is 0.250 e. The van der Waals surface area contributed by atoms with E-state index in [0.717, 1.165) is 5.69 Å². The lowest BCUT2D eigenvalue weighted by Gasteiger charge is -2.13. The molecule has 0 spiro atoms. The van der Waals surface area contributed by atoms with Gasteiger partial charge in [-0.15, -0.1) is 0 Å². The second-order valence-corrected chi connectivity index (χ2v) is 4.14. The largest absolute Gasteiger partial charge is 0.307 e. The molecule has 0 aromatic carbocycles. The van der Waals surface area contributed by atoms with Gasteiger partial charge >= 0.3 is 0 Å². The predicted octanol–water partition coefficient (Wildman–Crippen LogP) is 1.11. The van der Waals surface area contributed by atoms with Gasteiger partial charge in [0, 0.05) is 24.2 Å². The molecule has 2 aromatic heterocycles. The number of aryl methyl sites for hydroxylation is 1. The first-order valence-corrected chi connectivity index (χ1v) is 5.83. The van der Waals surface area contributed by atoms with Crippen LogP contribution < -0.4 is 5.32 Å². The quantitative estimate of drug-likeness (QED) is 0.889. The minimum Gasteiger partial charge on any atom is -0.307 e. The van der Waals surface area contributed by atoms with E-state index in [-0.39, 0.29) is 12.5 Å². The van der Waals surface area contributed by atoms with E-state index in [1.54, 1.807) is 30.1 Å². The Morgan fingerprint density at radius 3 is 3.00 bits per heavy atom. The molecule has 2 aromatic rings. The molecule has 0 aliphatic rings. The van der Waals surface area contributed by atoms with Gasteiger partial charge in [0.05, 0.1) is 6.07 Å². The van der Waals surface area contributed by atoms with Crippen molar-refractivity contribution in [3.8, 4) is 6.07 Å². The Morgan fingerprint density at radius 2 is 2.37 bits per heavy atom. The van der Waals surface area contributed by atoms with Crippen LogP contribution in [0.5, 0.6) is 0 Å². The normalized spacial score (nSPS) is 11.8. The van der Waals surface area contributed by atoms with Crippen molar-refractivity contribution in [3.63, 3.8) is 0 Å². The van der Waals surface area contributed by atoms with Crippen LogP contribution in [0.2, 0.25) is 0 Å². The number of nitrogens with zero attached hydrogens (tertiary/aromatic N) is 5. The molecule has 0 radical (unpaired) electrons. The average molecular weight is 258 g/mol. The van der Waals surface area contributed by atoms with Crippen molar-refractivity contribution < 1.29 is 4.79 Å². The maximum atomic E-state index is 12.0. The summed E-state index contributed by atoms with van der Waals surface area (Å²) in [5, 5.41) is 19.4. The van der Waals surface area contributed by atoms with Gasteiger partial charge in [0.25, 0.3) is 0 Å². The molecule has 2 rings (SSSR count). The van der Waals surface area contributed by atoms with Gasteiger partial charge in [0.15, 0.2) is 5.82 Å². The zero-order valence-electron chi connectivity index (χ0n) is 10.7. The first kappa shape index (κ1) is 12.8. The first-order chi connectivity index (χ1) is 9.11. The van der Waals surface area contributed by atoms with Gasteiger partial charge in [-0.2, -0.15) is 15.5 Å². The molecule has 0 saturated carbocycles. The van der Waals surface area contributed by atoms with Crippen LogP contribution in [-0.2, 0) is 11.3 Å². The predicted molar refractivity (Wildman–Crippen MR) is 68.1 cm³/mol. The number of hydrogen-bond acceptors (Lipinski definition) is 4. The number of aromatic nitrogens is 4. The summed E-state index contributed by atoms with van der Waals surface area (Å²) in [6.45, 7) is 3.81. The highest BCUT2D eigenvalue weighted by Crippen LogP contribution is 2.11. The molecule has 1 amide bonds. The molecule has 7 heteroatoms. The Kier molecular flexibility index (Phi) is 3.61. The number of anilines is 1. The van der Waals surface area contributed by atoms with E-state index in [9.17, 15) is 4.79 Å². The summed E-state index contributed by atoms with van der Waals surface area (Å²) in [7, 11) is 0. The summed E-state index contributed by atoms with van der Waals surface area (Å²) in [5.41, 5.74) is 0.914. The highest BCUT2D eigenvalue weighted by Gasteiger charge is 2.17. The Labute approximate surface area is 110 Å². The first-order valence-electron chi connectivity index (χ1n) is 5.83. The molecule has 19 heavy (non-hydrogen) atoms. The Bertz CT molecular complexity index is 620. The number of carbonyl (C=O) groups excluding carboxylic acids is 1. The summed E-state index contributed by atoms with van der Waals surface area (Å²) < 4.78 is 3.10. The number of amides is 1. The highest BCUT2D eigenvalue weighted by atomic mass is 16.2. The second-order valence-electron chi connectivity index (χ2n) is 4.14. The van der Waals surface area contributed by atoms with Crippen molar-refractivity contribution in [1.82, 2.24) is 19.6 Å². The minimum atomic E-state index is -0.420. The molecule has 0 aliphatic carbocycles. The van der Waals surface area contributed by atoms with Crippen molar-refractivity contribution in [3.05, 3.63) is 30.2 Å². The molecule has 7 nitrogen and oxygen atoms in total. The number of hydrogen-bond donors (Lipinski definition) is 1. The van der Waals surface area contributed by atoms with Gasteiger partial charge in [0.2, 0.25) is 5.91 Å². The van der Waals surface area contributed by atoms with Gasteiger partial charge in [-0.05, 0) is 19.9 Å². The van der Waals surface area contributed by atoms with Crippen molar-refractivity contribution in [2.75, 3.05) is 5.32 Å². The summed E-state index contributed by atoms with van der Waals surface area (Å²) in [4.78, 5) is 12.0. The van der Waals surface area contributed by atoms with Crippen molar-refractivity contribution in [2.45, 2.75) is 26.4 Å². The van der Waals surface area contributed by atoms with Gasteiger partial charge in [-0.25, -0.2) is 0 Å². The van der Waals surface area contributed by atoms with Crippen LogP contribution >= 0.6 is 0 Å². The molecule has 0 fully saturated rings. The fraction of sp³-hybridized carbons (Fsp3) is 0.333. The SMILES string of the molecule is Cc1ccnn1C(C)C(=O)Nc1ccn(CC#N)n1. The van der Waals surface area contributed by atoms with Crippen LogP contribution in [0.3, 0.4) is 0 Å². The topological polar surface area (TPSA) is 88.5 Å². The fourth-order valence-electron chi connectivity index (χ4n) is 1.72. The van der Waals surface area contributed by atoms with Gasteiger partial charge < -0.3 is 5.32 Å². The highest BCUT2D eigenvalue weighted by molar-refractivity contribution is 5.92. The van der Waals surface area contributed by atoms with Gasteiger partial charge in [-0.3, -0.25) is 14.2 Å². The van der Waals surface area contributed by atoms with E-state index in [1.807, 2.05) is 19.1 Å². The van der Waals surface area contributed by atoms with Gasteiger partial charge in [0.1, 0.15) is 12.6 Å². The second kappa shape index (κ2) is 5.35. The molecule has 0 aliphatic heterocycles. The smallest absolute Gasteiger partial charge is 0.250 e. The molecular weight excluding hydrogens is 244 g/mol. The van der Waals surface area contributed by atoms with Crippen LogP contribution in [0.4, 0.5) is 5.82 Å². The summed E-state index contributed by atoms with van der Waals surface area (Å²) in [6.07, 6.45) is 3.30. The molecule has 98 valence electrons. The molecular formula is C12H14N6O. The Balaban J connectivity index is 2.04.